The van der Waals surface area contributed by atoms with Crippen molar-refractivity contribution in [2.24, 2.45) is 11.3 Å². The number of rotatable bonds is 5. The number of hydrogen-bond donors (Lipinski definition) is 0. The average molecular weight is 344 g/mol. The van der Waals surface area contributed by atoms with Gasteiger partial charge in [0.15, 0.2) is 0 Å². The fourth-order valence-corrected chi connectivity index (χ4v) is 3.66. The third-order valence-corrected chi connectivity index (χ3v) is 4.42. The fraction of sp³-hybridized carbons (Fsp3) is 0.611. The number of ether oxygens (including phenoxy) is 1. The largest absolute Gasteiger partial charge is 0.462 e. The molecule has 0 radical (unpaired) electrons. The number of aromatic nitrogens is 4. The highest BCUT2D eigenvalue weighted by Gasteiger charge is 2.33. The summed E-state index contributed by atoms with van der Waals surface area (Å²) < 4.78 is 10.8. The number of hydrogen-bond acceptors (Lipinski definition) is 7. The maximum absolute atomic E-state index is 12.1. The maximum atomic E-state index is 12.1. The summed E-state index contributed by atoms with van der Waals surface area (Å²) in [6.45, 7) is 6.68. The van der Waals surface area contributed by atoms with Crippen molar-refractivity contribution in [2.45, 2.75) is 59.0 Å². The van der Waals surface area contributed by atoms with Crippen LogP contribution in [0.4, 0.5) is 0 Å². The quantitative estimate of drug-likeness (QED) is 0.769. The summed E-state index contributed by atoms with van der Waals surface area (Å²) in [5, 5.41) is 3.85. The van der Waals surface area contributed by atoms with Gasteiger partial charge in [-0.3, -0.25) is 4.79 Å². The molecule has 1 saturated carbocycles. The SMILES string of the molecule is C[C@H]1C[C@@H](OC(=O)CCc2nc(-c3ncccn3)no2)CC(C)(C)C1. The normalized spacial score (nSPS) is 22.5. The third kappa shape index (κ3) is 4.84. The second kappa shape index (κ2) is 7.29. The predicted octanol–water partition coefficient (Wildman–Crippen LogP) is 3.22. The Morgan fingerprint density at radius 3 is 2.76 bits per heavy atom. The average Bonchev–Trinajstić information content (AvgIpc) is 3.01. The molecule has 25 heavy (non-hydrogen) atoms. The van der Waals surface area contributed by atoms with Crippen LogP contribution < -0.4 is 0 Å². The summed E-state index contributed by atoms with van der Waals surface area (Å²) in [6.07, 6.45) is 6.83. The van der Waals surface area contributed by atoms with Crippen LogP contribution in [0.25, 0.3) is 11.6 Å². The zero-order valence-corrected chi connectivity index (χ0v) is 14.9. The lowest BCUT2D eigenvalue weighted by Crippen LogP contribution is -2.34. The first-order valence-corrected chi connectivity index (χ1v) is 8.71. The van der Waals surface area contributed by atoms with Crippen LogP contribution in [0.5, 0.6) is 0 Å². The molecule has 0 unspecified atom stereocenters. The molecule has 2 atom stereocenters. The van der Waals surface area contributed by atoms with Crippen LogP contribution in [0.15, 0.2) is 23.0 Å². The summed E-state index contributed by atoms with van der Waals surface area (Å²) >= 11 is 0. The highest BCUT2D eigenvalue weighted by molar-refractivity contribution is 5.69. The van der Waals surface area contributed by atoms with E-state index in [2.05, 4.69) is 40.9 Å². The van der Waals surface area contributed by atoms with Crippen LogP contribution in [-0.4, -0.2) is 32.2 Å². The van der Waals surface area contributed by atoms with Gasteiger partial charge in [-0.25, -0.2) is 9.97 Å². The van der Waals surface area contributed by atoms with E-state index < -0.39 is 0 Å². The van der Waals surface area contributed by atoms with E-state index in [0.717, 1.165) is 12.8 Å². The Balaban J connectivity index is 1.50. The molecular formula is C18H24N4O3. The molecule has 1 aliphatic rings. The minimum Gasteiger partial charge on any atom is -0.462 e. The van der Waals surface area contributed by atoms with E-state index in [1.54, 1.807) is 18.5 Å². The molecule has 0 aromatic carbocycles. The molecule has 7 heteroatoms. The third-order valence-electron chi connectivity index (χ3n) is 4.42. The van der Waals surface area contributed by atoms with Crippen LogP contribution in [0.2, 0.25) is 0 Å². The number of carbonyl (C=O) groups is 1. The second-order valence-electron chi connectivity index (χ2n) is 7.61. The molecule has 0 N–H and O–H groups in total. The monoisotopic (exact) mass is 344 g/mol. The molecule has 1 aliphatic carbocycles. The molecule has 0 amide bonds. The van der Waals surface area contributed by atoms with Crippen molar-refractivity contribution >= 4 is 5.97 Å². The van der Waals surface area contributed by atoms with E-state index in [-0.39, 0.29) is 23.9 Å². The molecule has 1 fully saturated rings. The summed E-state index contributed by atoms with van der Waals surface area (Å²) in [7, 11) is 0. The van der Waals surface area contributed by atoms with Crippen molar-refractivity contribution < 1.29 is 14.1 Å². The van der Waals surface area contributed by atoms with Crippen molar-refractivity contribution in [1.29, 1.82) is 0 Å². The molecule has 2 heterocycles. The van der Waals surface area contributed by atoms with Crippen molar-refractivity contribution in [2.75, 3.05) is 0 Å². The number of nitrogens with zero attached hydrogens (tertiary/aromatic N) is 4. The van der Waals surface area contributed by atoms with Gasteiger partial charge in [0.2, 0.25) is 17.5 Å². The van der Waals surface area contributed by atoms with Gasteiger partial charge in [-0.2, -0.15) is 4.98 Å². The Morgan fingerprint density at radius 1 is 1.28 bits per heavy atom. The number of carbonyl (C=O) groups excluding carboxylic acids is 1. The van der Waals surface area contributed by atoms with Gasteiger partial charge in [0.05, 0.1) is 6.42 Å². The predicted molar refractivity (Wildman–Crippen MR) is 90.3 cm³/mol. The van der Waals surface area contributed by atoms with Crippen LogP contribution in [0.1, 0.15) is 52.3 Å². The molecule has 0 bridgehead atoms. The van der Waals surface area contributed by atoms with E-state index in [9.17, 15) is 4.79 Å². The van der Waals surface area contributed by atoms with Gasteiger partial charge in [0.1, 0.15) is 6.10 Å². The Kier molecular flexibility index (Phi) is 5.11. The van der Waals surface area contributed by atoms with Crippen molar-refractivity contribution in [3.63, 3.8) is 0 Å². The van der Waals surface area contributed by atoms with E-state index in [4.69, 9.17) is 9.26 Å². The molecular weight excluding hydrogens is 320 g/mol. The van der Waals surface area contributed by atoms with Gasteiger partial charge in [0, 0.05) is 18.8 Å². The Labute approximate surface area is 147 Å². The summed E-state index contributed by atoms with van der Waals surface area (Å²) in [5.74, 6) is 1.47. The zero-order valence-electron chi connectivity index (χ0n) is 14.9. The topological polar surface area (TPSA) is 91.0 Å². The lowest BCUT2D eigenvalue weighted by Gasteiger charge is -2.38. The van der Waals surface area contributed by atoms with E-state index in [1.165, 1.54) is 6.42 Å². The van der Waals surface area contributed by atoms with E-state index >= 15 is 0 Å². The smallest absolute Gasteiger partial charge is 0.306 e. The molecule has 2 aromatic heterocycles. The van der Waals surface area contributed by atoms with Gasteiger partial charge < -0.3 is 9.26 Å². The molecule has 7 nitrogen and oxygen atoms in total. The Morgan fingerprint density at radius 2 is 2.04 bits per heavy atom. The minimum absolute atomic E-state index is 0.00205. The van der Waals surface area contributed by atoms with E-state index in [0.29, 0.717) is 29.9 Å². The van der Waals surface area contributed by atoms with Gasteiger partial charge in [-0.15, -0.1) is 0 Å². The van der Waals surface area contributed by atoms with Gasteiger partial charge >= 0.3 is 5.97 Å². The van der Waals surface area contributed by atoms with Crippen LogP contribution in [0.3, 0.4) is 0 Å². The first kappa shape index (κ1) is 17.5. The minimum atomic E-state index is -0.217. The summed E-state index contributed by atoms with van der Waals surface area (Å²) in [6, 6.07) is 1.72. The highest BCUT2D eigenvalue weighted by Crippen LogP contribution is 2.39. The first-order chi connectivity index (χ1) is 11.9. The van der Waals surface area contributed by atoms with E-state index in [1.807, 2.05) is 0 Å². The lowest BCUT2D eigenvalue weighted by molar-refractivity contribution is -0.153. The molecule has 2 aromatic rings. The van der Waals surface area contributed by atoms with Crippen molar-refractivity contribution in [1.82, 2.24) is 20.1 Å². The van der Waals surface area contributed by atoms with Crippen LogP contribution in [0, 0.1) is 11.3 Å². The van der Waals surface area contributed by atoms with Gasteiger partial charge in [0.25, 0.3) is 0 Å². The standard InChI is InChI=1S/C18H24N4O3/c1-12-9-13(11-18(2,3)10-12)24-15(23)6-5-14-21-17(22-25-14)16-19-7-4-8-20-16/h4,7-8,12-13H,5-6,9-11H2,1-3H3/t12-,13+/m0/s1. The van der Waals surface area contributed by atoms with Crippen LogP contribution in [-0.2, 0) is 16.0 Å². The fourth-order valence-electron chi connectivity index (χ4n) is 3.66. The zero-order chi connectivity index (χ0) is 17.9. The molecule has 0 aliphatic heterocycles. The Hall–Kier alpha value is -2.31. The number of aryl methyl sites for hydroxylation is 1. The maximum Gasteiger partial charge on any atom is 0.306 e. The first-order valence-electron chi connectivity index (χ1n) is 8.71. The van der Waals surface area contributed by atoms with Crippen LogP contribution >= 0.6 is 0 Å². The van der Waals surface area contributed by atoms with Gasteiger partial charge in [-0.05, 0) is 36.7 Å². The summed E-state index contributed by atoms with van der Waals surface area (Å²) in [5.41, 5.74) is 0.222. The molecule has 0 spiro atoms. The second-order valence-corrected chi connectivity index (χ2v) is 7.61. The van der Waals surface area contributed by atoms with Gasteiger partial charge in [-0.1, -0.05) is 25.9 Å². The molecule has 0 saturated heterocycles. The van der Waals surface area contributed by atoms with Crippen molar-refractivity contribution in [3.05, 3.63) is 24.4 Å². The lowest BCUT2D eigenvalue weighted by atomic mass is 9.71. The highest BCUT2D eigenvalue weighted by atomic mass is 16.5. The summed E-state index contributed by atoms with van der Waals surface area (Å²) in [4.78, 5) is 24.5. The molecule has 134 valence electrons. The Bertz CT molecular complexity index is 714. The molecule has 3 rings (SSSR count). The number of esters is 1. The van der Waals surface area contributed by atoms with Crippen molar-refractivity contribution in [3.8, 4) is 11.6 Å².